The average molecular weight is 397 g/mol. The molecule has 1 fully saturated rings. The van der Waals surface area contributed by atoms with Gasteiger partial charge in [-0.1, -0.05) is 6.07 Å². The second-order valence-corrected chi connectivity index (χ2v) is 7.25. The molecule has 0 atom stereocenters. The molecule has 0 amide bonds. The van der Waals surface area contributed by atoms with Crippen molar-refractivity contribution < 1.29 is 14.2 Å². The fourth-order valence-electron chi connectivity index (χ4n) is 3.79. The average Bonchev–Trinajstić information content (AvgIpc) is 2.72. The summed E-state index contributed by atoms with van der Waals surface area (Å²) in [6.07, 6.45) is 7.55. The predicted molar refractivity (Wildman–Crippen MR) is 110 cm³/mol. The van der Waals surface area contributed by atoms with E-state index >= 15 is 0 Å². The third-order valence-corrected chi connectivity index (χ3v) is 5.32. The number of aromatic hydroxyl groups is 1. The van der Waals surface area contributed by atoms with Crippen LogP contribution in [0.15, 0.2) is 30.6 Å². The molecule has 0 unspecified atom stereocenters. The molecule has 0 radical (unpaired) electrons. The summed E-state index contributed by atoms with van der Waals surface area (Å²) in [5, 5.41) is 13.8. The van der Waals surface area contributed by atoms with E-state index in [1.807, 2.05) is 6.92 Å². The summed E-state index contributed by atoms with van der Waals surface area (Å²) in [6, 6.07) is 4.42. The monoisotopic (exact) mass is 397 g/mol. The largest absolute Gasteiger partial charge is 0.505 e. The van der Waals surface area contributed by atoms with Crippen LogP contribution in [0.5, 0.6) is 5.75 Å². The molecule has 1 aromatic carbocycles. The molecule has 1 aliphatic carbocycles. The molecule has 2 aromatic heterocycles. The van der Waals surface area contributed by atoms with E-state index in [2.05, 4.69) is 20.3 Å². The first kappa shape index (κ1) is 19.3. The molecule has 1 saturated carbocycles. The maximum Gasteiger partial charge on any atom is 0.223 e. The molecule has 29 heavy (non-hydrogen) atoms. The van der Waals surface area contributed by atoms with Crippen LogP contribution in [-0.2, 0) is 4.74 Å². The van der Waals surface area contributed by atoms with Crippen LogP contribution in [0.3, 0.4) is 0 Å². The number of halogens is 1. The number of benzene rings is 1. The van der Waals surface area contributed by atoms with Crippen LogP contribution in [-0.4, -0.2) is 38.8 Å². The molecule has 2 heterocycles. The van der Waals surface area contributed by atoms with Gasteiger partial charge in [0.1, 0.15) is 5.82 Å². The Balaban J connectivity index is 1.63. The smallest absolute Gasteiger partial charge is 0.223 e. The summed E-state index contributed by atoms with van der Waals surface area (Å²) in [7, 11) is 0. The zero-order chi connectivity index (χ0) is 20.4. The van der Waals surface area contributed by atoms with Crippen molar-refractivity contribution in [3.05, 3.63) is 36.4 Å². The lowest BCUT2D eigenvalue weighted by atomic mass is 9.93. The highest BCUT2D eigenvalue weighted by molar-refractivity contribution is 5.98. The van der Waals surface area contributed by atoms with E-state index in [9.17, 15) is 9.50 Å². The first-order valence-corrected chi connectivity index (χ1v) is 9.83. The summed E-state index contributed by atoms with van der Waals surface area (Å²) in [5.74, 6) is -0.276. The minimum Gasteiger partial charge on any atom is -0.505 e. The Kier molecular flexibility index (Phi) is 5.44. The second-order valence-electron chi connectivity index (χ2n) is 7.25. The number of fused-ring (bicyclic) bond motifs is 1. The highest BCUT2D eigenvalue weighted by Gasteiger charge is 2.22. The third-order valence-electron chi connectivity index (χ3n) is 5.32. The predicted octanol–water partition coefficient (Wildman–Crippen LogP) is 3.88. The van der Waals surface area contributed by atoms with Crippen LogP contribution in [0.2, 0.25) is 0 Å². The Hall–Kier alpha value is -3.00. The van der Waals surface area contributed by atoms with Gasteiger partial charge in [-0.05, 0) is 50.3 Å². The number of nitrogens with one attached hydrogen (secondary N) is 1. The number of pyridine rings is 1. The van der Waals surface area contributed by atoms with Crippen molar-refractivity contribution in [2.24, 2.45) is 0 Å². The van der Waals surface area contributed by atoms with Gasteiger partial charge in [-0.15, -0.1) is 0 Å². The van der Waals surface area contributed by atoms with Crippen LogP contribution in [0, 0.1) is 5.82 Å². The molecule has 8 heteroatoms. The minimum atomic E-state index is -0.680. The Morgan fingerprint density at radius 1 is 1.21 bits per heavy atom. The van der Waals surface area contributed by atoms with Crippen molar-refractivity contribution in [1.29, 1.82) is 0 Å². The maximum absolute atomic E-state index is 13.5. The standard InChI is InChI=1S/C21H24FN5O2/c1-2-29-14-6-4-13(5-7-14)26-21-25-11-16-19(27-21)15(10-24-20(16)23)12-3-8-17(22)18(28)9-12/h3,8-11,13-14,28H,2,4-7H2,1H3,(H2,23,24)(H,25,26,27)/t13-,14-. The first-order chi connectivity index (χ1) is 14.0. The Bertz CT molecular complexity index is 1020. The van der Waals surface area contributed by atoms with Crippen molar-refractivity contribution in [1.82, 2.24) is 15.0 Å². The van der Waals surface area contributed by atoms with E-state index in [4.69, 9.17) is 10.5 Å². The Morgan fingerprint density at radius 3 is 2.72 bits per heavy atom. The van der Waals surface area contributed by atoms with Gasteiger partial charge in [0.2, 0.25) is 5.95 Å². The SMILES string of the molecule is CCO[C@H]1CC[C@H](Nc2ncc3c(N)ncc(-c4ccc(F)c(O)c4)c3n2)CC1. The number of anilines is 2. The Labute approximate surface area is 168 Å². The number of aromatic nitrogens is 3. The summed E-state index contributed by atoms with van der Waals surface area (Å²) in [5.41, 5.74) is 7.85. The number of ether oxygens (including phenoxy) is 1. The van der Waals surface area contributed by atoms with E-state index in [0.29, 0.717) is 39.9 Å². The molecule has 0 aliphatic heterocycles. The van der Waals surface area contributed by atoms with Crippen LogP contribution in [0.4, 0.5) is 16.2 Å². The lowest BCUT2D eigenvalue weighted by Crippen LogP contribution is -2.30. The molecule has 0 spiro atoms. The van der Waals surface area contributed by atoms with E-state index in [-0.39, 0.29) is 6.04 Å². The lowest BCUT2D eigenvalue weighted by Gasteiger charge is -2.28. The second kappa shape index (κ2) is 8.16. The van der Waals surface area contributed by atoms with Gasteiger partial charge in [-0.3, -0.25) is 0 Å². The van der Waals surface area contributed by atoms with Gasteiger partial charge in [-0.25, -0.2) is 19.3 Å². The molecular formula is C21H24FN5O2. The molecule has 0 saturated heterocycles. The van der Waals surface area contributed by atoms with E-state index in [1.54, 1.807) is 18.5 Å². The molecule has 1 aliphatic rings. The summed E-state index contributed by atoms with van der Waals surface area (Å²) in [4.78, 5) is 13.3. The summed E-state index contributed by atoms with van der Waals surface area (Å²) in [6.45, 7) is 2.76. The molecule has 4 N–H and O–H groups in total. The topological polar surface area (TPSA) is 106 Å². The van der Waals surface area contributed by atoms with Gasteiger partial charge < -0.3 is 20.9 Å². The van der Waals surface area contributed by atoms with Crippen molar-refractivity contribution in [2.75, 3.05) is 17.7 Å². The van der Waals surface area contributed by atoms with Crippen molar-refractivity contribution in [2.45, 2.75) is 44.8 Å². The molecular weight excluding hydrogens is 373 g/mol. The molecule has 7 nitrogen and oxygen atoms in total. The number of rotatable bonds is 5. The van der Waals surface area contributed by atoms with E-state index in [0.717, 1.165) is 32.3 Å². The first-order valence-electron chi connectivity index (χ1n) is 9.83. The van der Waals surface area contributed by atoms with E-state index < -0.39 is 11.6 Å². The van der Waals surface area contributed by atoms with Crippen LogP contribution < -0.4 is 11.1 Å². The summed E-state index contributed by atoms with van der Waals surface area (Å²) < 4.78 is 19.2. The van der Waals surface area contributed by atoms with Crippen LogP contribution in [0.1, 0.15) is 32.6 Å². The quantitative estimate of drug-likeness (QED) is 0.600. The van der Waals surface area contributed by atoms with Gasteiger partial charge in [-0.2, -0.15) is 0 Å². The zero-order valence-electron chi connectivity index (χ0n) is 16.2. The number of hydrogen-bond donors (Lipinski definition) is 3. The lowest BCUT2D eigenvalue weighted by molar-refractivity contribution is 0.0346. The maximum atomic E-state index is 13.5. The van der Waals surface area contributed by atoms with Gasteiger partial charge in [0.25, 0.3) is 0 Å². The van der Waals surface area contributed by atoms with Gasteiger partial charge in [0.15, 0.2) is 11.6 Å². The number of phenols is 1. The summed E-state index contributed by atoms with van der Waals surface area (Å²) >= 11 is 0. The van der Waals surface area contributed by atoms with Gasteiger partial charge in [0, 0.05) is 30.6 Å². The Morgan fingerprint density at radius 2 is 2.00 bits per heavy atom. The highest BCUT2D eigenvalue weighted by atomic mass is 19.1. The molecule has 152 valence electrons. The molecule has 0 bridgehead atoms. The zero-order valence-corrected chi connectivity index (χ0v) is 16.2. The van der Waals surface area contributed by atoms with Crippen LogP contribution in [0.25, 0.3) is 22.0 Å². The number of nitrogens with two attached hydrogens (primary N) is 1. The number of phenolic OH excluding ortho intramolecular Hbond substituents is 1. The molecule has 3 aromatic rings. The molecule has 4 rings (SSSR count). The van der Waals surface area contributed by atoms with Crippen molar-refractivity contribution in [3.8, 4) is 16.9 Å². The van der Waals surface area contributed by atoms with Gasteiger partial charge >= 0.3 is 0 Å². The van der Waals surface area contributed by atoms with Crippen molar-refractivity contribution in [3.63, 3.8) is 0 Å². The third kappa shape index (κ3) is 4.07. The normalized spacial score (nSPS) is 19.4. The fourth-order valence-corrected chi connectivity index (χ4v) is 3.79. The fraction of sp³-hybridized carbons (Fsp3) is 0.381. The highest BCUT2D eigenvalue weighted by Crippen LogP contribution is 2.32. The number of nitrogens with zero attached hydrogens (tertiary/aromatic N) is 3. The van der Waals surface area contributed by atoms with Gasteiger partial charge in [0.05, 0.1) is 17.0 Å². The number of hydrogen-bond acceptors (Lipinski definition) is 7. The number of nitrogen functional groups attached to an aromatic ring is 1. The van der Waals surface area contributed by atoms with Crippen LogP contribution >= 0.6 is 0 Å². The minimum absolute atomic E-state index is 0.279. The van der Waals surface area contributed by atoms with Crippen molar-refractivity contribution >= 4 is 22.7 Å². The van der Waals surface area contributed by atoms with E-state index in [1.165, 1.54) is 12.1 Å².